The molecule has 0 heterocycles. The van der Waals surface area contributed by atoms with Crippen molar-refractivity contribution in [2.75, 3.05) is 6.26 Å². The summed E-state index contributed by atoms with van der Waals surface area (Å²) >= 11 is 1.71. The molecule has 1 aliphatic carbocycles. The molecule has 1 saturated carbocycles. The molecule has 0 spiro atoms. The van der Waals surface area contributed by atoms with Crippen LogP contribution in [0.3, 0.4) is 0 Å². The van der Waals surface area contributed by atoms with Crippen molar-refractivity contribution in [3.63, 3.8) is 0 Å². The van der Waals surface area contributed by atoms with Gasteiger partial charge in [-0.2, -0.15) is 0 Å². The molecule has 110 valence electrons. The van der Waals surface area contributed by atoms with Crippen molar-refractivity contribution in [3.05, 3.63) is 29.8 Å². The minimum atomic E-state index is -0.573. The number of hydrogen-bond acceptors (Lipinski definition) is 3. The molecule has 0 amide bonds. The lowest BCUT2D eigenvalue weighted by molar-refractivity contribution is -0.120. The van der Waals surface area contributed by atoms with Crippen molar-refractivity contribution in [2.24, 2.45) is 0 Å². The first-order chi connectivity index (χ1) is 9.61. The number of ketones is 1. The first kappa shape index (κ1) is 15.6. The van der Waals surface area contributed by atoms with E-state index in [2.05, 4.69) is 12.1 Å². The van der Waals surface area contributed by atoms with Gasteiger partial charge in [0.05, 0.1) is 5.60 Å². The predicted octanol–water partition coefficient (Wildman–Crippen LogP) is 4.00. The molecule has 0 saturated heterocycles. The maximum atomic E-state index is 12.0. The van der Waals surface area contributed by atoms with Crippen LogP contribution < -0.4 is 0 Å². The van der Waals surface area contributed by atoms with Crippen molar-refractivity contribution < 1.29 is 9.90 Å². The molecule has 0 aromatic heterocycles. The largest absolute Gasteiger partial charge is 0.390 e. The van der Waals surface area contributed by atoms with Crippen LogP contribution in [0, 0.1) is 0 Å². The van der Waals surface area contributed by atoms with Crippen LogP contribution in [0.1, 0.15) is 50.5 Å². The third kappa shape index (κ3) is 4.64. The average Bonchev–Trinajstić information content (AvgIpc) is 2.47. The number of aliphatic hydroxyl groups is 1. The quantitative estimate of drug-likeness (QED) is 0.805. The van der Waals surface area contributed by atoms with E-state index < -0.39 is 5.60 Å². The fraction of sp³-hybridized carbons (Fsp3) is 0.588. The van der Waals surface area contributed by atoms with E-state index in [1.54, 1.807) is 11.8 Å². The Morgan fingerprint density at radius 1 is 1.20 bits per heavy atom. The van der Waals surface area contributed by atoms with Gasteiger partial charge in [-0.15, -0.1) is 11.8 Å². The maximum Gasteiger partial charge on any atom is 0.137 e. The molecule has 2 nitrogen and oxygen atoms in total. The number of rotatable bonds is 6. The highest BCUT2D eigenvalue weighted by atomic mass is 32.2. The predicted molar refractivity (Wildman–Crippen MR) is 84.2 cm³/mol. The van der Waals surface area contributed by atoms with Gasteiger partial charge in [-0.25, -0.2) is 0 Å². The Morgan fingerprint density at radius 3 is 2.45 bits per heavy atom. The van der Waals surface area contributed by atoms with Gasteiger partial charge in [0.1, 0.15) is 5.78 Å². The fourth-order valence-corrected chi connectivity index (χ4v) is 3.30. The van der Waals surface area contributed by atoms with Crippen LogP contribution in [0.25, 0.3) is 0 Å². The van der Waals surface area contributed by atoms with Crippen molar-refractivity contribution in [2.45, 2.75) is 61.9 Å². The third-order valence-electron chi connectivity index (χ3n) is 4.21. The van der Waals surface area contributed by atoms with Gasteiger partial charge >= 0.3 is 0 Å². The van der Waals surface area contributed by atoms with E-state index >= 15 is 0 Å². The zero-order chi connectivity index (χ0) is 14.4. The lowest BCUT2D eigenvalue weighted by atomic mass is 9.81. The van der Waals surface area contributed by atoms with Crippen molar-refractivity contribution in [1.82, 2.24) is 0 Å². The molecule has 1 fully saturated rings. The summed E-state index contributed by atoms with van der Waals surface area (Å²) in [5, 5.41) is 10.4. The fourth-order valence-electron chi connectivity index (χ4n) is 2.89. The van der Waals surface area contributed by atoms with Gasteiger partial charge in [0, 0.05) is 17.7 Å². The highest BCUT2D eigenvalue weighted by Crippen LogP contribution is 2.31. The average molecular weight is 292 g/mol. The molecule has 3 heteroatoms. The second kappa shape index (κ2) is 7.28. The number of hydrogen-bond donors (Lipinski definition) is 1. The third-order valence-corrected chi connectivity index (χ3v) is 4.96. The Kier molecular flexibility index (Phi) is 5.67. The molecule has 0 aliphatic heterocycles. The molecule has 1 aromatic rings. The van der Waals surface area contributed by atoms with E-state index in [1.165, 1.54) is 11.3 Å². The molecular weight excluding hydrogens is 268 g/mol. The summed E-state index contributed by atoms with van der Waals surface area (Å²) in [5.74, 6) is 0.237. The number of carbonyl (C=O) groups excluding carboxylic acids is 1. The Hall–Kier alpha value is -0.800. The van der Waals surface area contributed by atoms with E-state index in [9.17, 15) is 9.90 Å². The summed E-state index contributed by atoms with van der Waals surface area (Å²) in [4.78, 5) is 13.3. The van der Waals surface area contributed by atoms with Crippen LogP contribution in [-0.4, -0.2) is 22.7 Å². The Labute approximate surface area is 126 Å². The molecule has 0 atom stereocenters. The number of Topliss-reactive ketones (excluding diaryl/α,β-unsaturated/α-hetero) is 1. The van der Waals surface area contributed by atoms with Crippen LogP contribution in [0.5, 0.6) is 0 Å². The lowest BCUT2D eigenvalue weighted by Crippen LogP contribution is -2.32. The zero-order valence-corrected chi connectivity index (χ0v) is 13.0. The minimum Gasteiger partial charge on any atom is -0.390 e. The van der Waals surface area contributed by atoms with Crippen LogP contribution >= 0.6 is 11.8 Å². The summed E-state index contributed by atoms with van der Waals surface area (Å²) in [6, 6.07) is 8.17. The van der Waals surface area contributed by atoms with E-state index in [0.29, 0.717) is 19.3 Å². The van der Waals surface area contributed by atoms with E-state index in [1.807, 2.05) is 18.4 Å². The second-order valence-electron chi connectivity index (χ2n) is 5.85. The molecule has 1 aliphatic rings. The van der Waals surface area contributed by atoms with Gasteiger partial charge in [0.2, 0.25) is 0 Å². The first-order valence-electron chi connectivity index (χ1n) is 7.48. The van der Waals surface area contributed by atoms with Crippen LogP contribution in [-0.2, 0) is 11.2 Å². The maximum absolute atomic E-state index is 12.0. The van der Waals surface area contributed by atoms with Crippen LogP contribution in [0.2, 0.25) is 0 Å². The summed E-state index contributed by atoms with van der Waals surface area (Å²) in [5.41, 5.74) is 0.500. The van der Waals surface area contributed by atoms with Crippen molar-refractivity contribution in [1.29, 1.82) is 0 Å². The summed E-state index contributed by atoms with van der Waals surface area (Å²) < 4.78 is 0. The van der Waals surface area contributed by atoms with Crippen molar-refractivity contribution in [3.8, 4) is 0 Å². The zero-order valence-electron chi connectivity index (χ0n) is 12.2. The molecule has 20 heavy (non-hydrogen) atoms. The van der Waals surface area contributed by atoms with Gasteiger partial charge < -0.3 is 5.11 Å². The van der Waals surface area contributed by atoms with Crippen LogP contribution in [0.4, 0.5) is 0 Å². The molecular formula is C17H24O2S. The number of carbonyl (C=O) groups is 1. The minimum absolute atomic E-state index is 0.237. The number of thioether (sulfide) groups is 1. The van der Waals surface area contributed by atoms with Crippen LogP contribution in [0.15, 0.2) is 29.2 Å². The van der Waals surface area contributed by atoms with Gasteiger partial charge in [-0.05, 0) is 43.2 Å². The second-order valence-corrected chi connectivity index (χ2v) is 6.73. The van der Waals surface area contributed by atoms with E-state index in [-0.39, 0.29) is 5.78 Å². The normalized spacial score (nSPS) is 17.9. The Morgan fingerprint density at radius 2 is 1.85 bits per heavy atom. The standard InChI is InChI=1S/C17H24O2S/c1-20-16-7-5-14(6-8-16)13-15(18)9-12-17(19)10-3-2-4-11-17/h5-8,19H,2-4,9-13H2,1H3. The first-order valence-corrected chi connectivity index (χ1v) is 8.71. The topological polar surface area (TPSA) is 37.3 Å². The van der Waals surface area contributed by atoms with Gasteiger partial charge in [0.25, 0.3) is 0 Å². The Balaban J connectivity index is 1.79. The molecule has 0 radical (unpaired) electrons. The summed E-state index contributed by atoms with van der Waals surface area (Å²) in [6.07, 6.45) is 8.82. The molecule has 1 aromatic carbocycles. The SMILES string of the molecule is CSc1ccc(CC(=O)CCC2(O)CCCCC2)cc1. The highest BCUT2D eigenvalue weighted by Gasteiger charge is 2.29. The van der Waals surface area contributed by atoms with E-state index in [0.717, 1.165) is 31.2 Å². The van der Waals surface area contributed by atoms with E-state index in [4.69, 9.17) is 0 Å². The van der Waals surface area contributed by atoms with Gasteiger partial charge in [-0.3, -0.25) is 4.79 Å². The smallest absolute Gasteiger partial charge is 0.137 e. The van der Waals surface area contributed by atoms with Crippen molar-refractivity contribution >= 4 is 17.5 Å². The van der Waals surface area contributed by atoms with Gasteiger partial charge in [0.15, 0.2) is 0 Å². The molecule has 2 rings (SSSR count). The van der Waals surface area contributed by atoms with Gasteiger partial charge in [-0.1, -0.05) is 31.4 Å². The summed E-state index contributed by atoms with van der Waals surface area (Å²) in [6.45, 7) is 0. The molecule has 0 unspecified atom stereocenters. The Bertz CT molecular complexity index is 433. The highest BCUT2D eigenvalue weighted by molar-refractivity contribution is 7.98. The number of benzene rings is 1. The lowest BCUT2D eigenvalue weighted by Gasteiger charge is -2.31. The monoisotopic (exact) mass is 292 g/mol. The molecule has 0 bridgehead atoms. The molecule has 1 N–H and O–H groups in total. The summed E-state index contributed by atoms with van der Waals surface area (Å²) in [7, 11) is 0.